The third-order valence-electron chi connectivity index (χ3n) is 2.76. The monoisotopic (exact) mass is 263 g/mol. The van der Waals surface area contributed by atoms with E-state index in [4.69, 9.17) is 5.73 Å². The Morgan fingerprint density at radius 1 is 1.32 bits per heavy atom. The number of rotatable bonds is 3. The fraction of sp³-hybridized carbons (Fsp3) is 0.533. The first-order valence-electron chi connectivity index (χ1n) is 6.63. The summed E-state index contributed by atoms with van der Waals surface area (Å²) in [5.74, 6) is 0. The highest BCUT2D eigenvalue weighted by Gasteiger charge is 2.22. The quantitative estimate of drug-likeness (QED) is 0.824. The van der Waals surface area contributed by atoms with Gasteiger partial charge in [0, 0.05) is 23.8 Å². The zero-order chi connectivity index (χ0) is 14.6. The summed E-state index contributed by atoms with van der Waals surface area (Å²) in [6.07, 6.45) is 0. The molecule has 0 spiro atoms. The minimum atomic E-state index is -0.244. The molecule has 0 fully saturated rings. The van der Waals surface area contributed by atoms with Gasteiger partial charge in [-0.1, -0.05) is 18.2 Å². The highest BCUT2D eigenvalue weighted by molar-refractivity contribution is 5.75. The molecule has 4 heteroatoms. The predicted octanol–water partition coefficient (Wildman–Crippen LogP) is 2.99. The van der Waals surface area contributed by atoms with Crippen molar-refractivity contribution < 1.29 is 4.79 Å². The van der Waals surface area contributed by atoms with Gasteiger partial charge >= 0.3 is 6.03 Å². The third-order valence-corrected chi connectivity index (χ3v) is 2.76. The Morgan fingerprint density at radius 3 is 2.37 bits per heavy atom. The number of amides is 2. The maximum atomic E-state index is 12.3. The molecule has 106 valence electrons. The molecule has 1 aromatic rings. The number of benzene rings is 1. The number of nitrogens with two attached hydrogens (primary N) is 1. The Hall–Kier alpha value is -1.71. The fourth-order valence-corrected chi connectivity index (χ4v) is 1.74. The van der Waals surface area contributed by atoms with Crippen molar-refractivity contribution in [2.45, 2.75) is 52.7 Å². The van der Waals surface area contributed by atoms with Crippen molar-refractivity contribution >= 4 is 11.7 Å². The Kier molecular flexibility index (Phi) is 4.81. The fourth-order valence-electron chi connectivity index (χ4n) is 1.74. The molecule has 0 bridgehead atoms. The van der Waals surface area contributed by atoms with Crippen molar-refractivity contribution in [2.24, 2.45) is 0 Å². The summed E-state index contributed by atoms with van der Waals surface area (Å²) in [6.45, 7) is 10.4. The van der Waals surface area contributed by atoms with Gasteiger partial charge in [-0.15, -0.1) is 0 Å². The van der Waals surface area contributed by atoms with Gasteiger partial charge in [-0.2, -0.15) is 0 Å². The Balaban J connectivity index is 2.85. The number of para-hydroxylation sites is 1. The number of anilines is 1. The molecule has 19 heavy (non-hydrogen) atoms. The highest BCUT2D eigenvalue weighted by atomic mass is 16.2. The van der Waals surface area contributed by atoms with Gasteiger partial charge in [0.1, 0.15) is 0 Å². The topological polar surface area (TPSA) is 58.4 Å². The average molecular weight is 263 g/mol. The zero-order valence-electron chi connectivity index (χ0n) is 12.5. The molecule has 0 aliphatic heterocycles. The molecule has 0 atom stereocenters. The van der Waals surface area contributed by atoms with Crippen LogP contribution in [0.3, 0.4) is 0 Å². The second kappa shape index (κ2) is 5.95. The molecular weight excluding hydrogens is 238 g/mol. The lowest BCUT2D eigenvalue weighted by atomic mass is 10.1. The van der Waals surface area contributed by atoms with E-state index in [1.165, 1.54) is 0 Å². The highest BCUT2D eigenvalue weighted by Crippen LogP contribution is 2.16. The molecule has 0 saturated heterocycles. The second-order valence-electron chi connectivity index (χ2n) is 6.10. The number of hydrogen-bond donors (Lipinski definition) is 2. The van der Waals surface area contributed by atoms with Crippen molar-refractivity contribution in [2.75, 3.05) is 5.73 Å². The first-order chi connectivity index (χ1) is 8.70. The van der Waals surface area contributed by atoms with E-state index in [-0.39, 0.29) is 17.6 Å². The van der Waals surface area contributed by atoms with Crippen LogP contribution < -0.4 is 11.1 Å². The van der Waals surface area contributed by atoms with E-state index in [2.05, 4.69) is 5.32 Å². The van der Waals surface area contributed by atoms with Gasteiger partial charge < -0.3 is 16.0 Å². The predicted molar refractivity (Wildman–Crippen MR) is 79.8 cm³/mol. The number of nitrogens with zero attached hydrogens (tertiary/aromatic N) is 1. The number of hydrogen-bond acceptors (Lipinski definition) is 2. The van der Waals surface area contributed by atoms with Gasteiger partial charge in [0.2, 0.25) is 0 Å². The van der Waals surface area contributed by atoms with Crippen LogP contribution in [0.1, 0.15) is 40.2 Å². The SMILES string of the molecule is CC(C)N(Cc1ccccc1N)C(=O)NC(C)(C)C. The van der Waals surface area contributed by atoms with Crippen LogP contribution in [0.5, 0.6) is 0 Å². The zero-order valence-corrected chi connectivity index (χ0v) is 12.5. The van der Waals surface area contributed by atoms with E-state index >= 15 is 0 Å². The lowest BCUT2D eigenvalue weighted by molar-refractivity contribution is 0.171. The molecule has 0 radical (unpaired) electrons. The Bertz CT molecular complexity index is 435. The van der Waals surface area contributed by atoms with Crippen LogP contribution in [-0.4, -0.2) is 22.5 Å². The van der Waals surface area contributed by atoms with Crippen molar-refractivity contribution in [1.29, 1.82) is 0 Å². The smallest absolute Gasteiger partial charge is 0.318 e. The van der Waals surface area contributed by atoms with E-state index in [0.717, 1.165) is 11.3 Å². The summed E-state index contributed by atoms with van der Waals surface area (Å²) < 4.78 is 0. The number of urea groups is 1. The molecule has 1 rings (SSSR count). The molecule has 0 saturated carbocycles. The number of carbonyl (C=O) groups excluding carboxylic acids is 1. The van der Waals surface area contributed by atoms with Gasteiger partial charge in [-0.25, -0.2) is 4.79 Å². The lowest BCUT2D eigenvalue weighted by Crippen LogP contribution is -2.50. The molecule has 4 nitrogen and oxygen atoms in total. The first-order valence-corrected chi connectivity index (χ1v) is 6.63. The summed E-state index contributed by atoms with van der Waals surface area (Å²) in [5, 5.41) is 2.99. The summed E-state index contributed by atoms with van der Waals surface area (Å²) >= 11 is 0. The lowest BCUT2D eigenvalue weighted by Gasteiger charge is -2.31. The molecular formula is C15H25N3O. The summed E-state index contributed by atoms with van der Waals surface area (Å²) in [4.78, 5) is 14.1. The summed E-state index contributed by atoms with van der Waals surface area (Å²) in [7, 11) is 0. The van der Waals surface area contributed by atoms with Crippen molar-refractivity contribution in [3.8, 4) is 0 Å². The van der Waals surface area contributed by atoms with Crippen LogP contribution >= 0.6 is 0 Å². The van der Waals surface area contributed by atoms with Crippen LogP contribution in [-0.2, 0) is 6.54 Å². The van der Waals surface area contributed by atoms with E-state index in [1.807, 2.05) is 58.9 Å². The molecule has 0 aliphatic carbocycles. The largest absolute Gasteiger partial charge is 0.398 e. The summed E-state index contributed by atoms with van der Waals surface area (Å²) in [5.41, 5.74) is 7.39. The van der Waals surface area contributed by atoms with Crippen LogP contribution in [0.15, 0.2) is 24.3 Å². The molecule has 1 aromatic carbocycles. The third kappa shape index (κ3) is 4.81. The van der Waals surface area contributed by atoms with Gasteiger partial charge in [0.15, 0.2) is 0 Å². The van der Waals surface area contributed by atoms with Crippen molar-refractivity contribution in [1.82, 2.24) is 10.2 Å². The minimum absolute atomic E-state index is 0.0641. The van der Waals surface area contributed by atoms with Crippen LogP contribution in [0.25, 0.3) is 0 Å². The molecule has 0 heterocycles. The molecule has 2 amide bonds. The maximum absolute atomic E-state index is 12.3. The maximum Gasteiger partial charge on any atom is 0.318 e. The number of carbonyl (C=O) groups is 1. The second-order valence-corrected chi connectivity index (χ2v) is 6.10. The minimum Gasteiger partial charge on any atom is -0.398 e. The average Bonchev–Trinajstić information content (AvgIpc) is 2.24. The molecule has 0 aromatic heterocycles. The first kappa shape index (κ1) is 15.3. The van der Waals surface area contributed by atoms with Crippen molar-refractivity contribution in [3.63, 3.8) is 0 Å². The number of nitrogens with one attached hydrogen (secondary N) is 1. The van der Waals surface area contributed by atoms with Gasteiger partial charge in [0.25, 0.3) is 0 Å². The van der Waals surface area contributed by atoms with E-state index < -0.39 is 0 Å². The molecule has 3 N–H and O–H groups in total. The van der Waals surface area contributed by atoms with Crippen LogP contribution in [0.4, 0.5) is 10.5 Å². The van der Waals surface area contributed by atoms with Crippen molar-refractivity contribution in [3.05, 3.63) is 29.8 Å². The van der Waals surface area contributed by atoms with Gasteiger partial charge in [-0.05, 0) is 46.2 Å². The molecule has 0 unspecified atom stereocenters. The van der Waals surface area contributed by atoms with Crippen LogP contribution in [0.2, 0.25) is 0 Å². The van der Waals surface area contributed by atoms with Crippen LogP contribution in [0, 0.1) is 0 Å². The van der Waals surface area contributed by atoms with Gasteiger partial charge in [0.05, 0.1) is 0 Å². The van der Waals surface area contributed by atoms with E-state index in [9.17, 15) is 4.79 Å². The summed E-state index contributed by atoms with van der Waals surface area (Å²) in [6, 6.07) is 7.69. The van der Waals surface area contributed by atoms with E-state index in [1.54, 1.807) is 4.90 Å². The Labute approximate surface area is 116 Å². The number of nitrogen functional groups attached to an aromatic ring is 1. The standard InChI is InChI=1S/C15H25N3O/c1-11(2)18(14(19)17-15(3,4)5)10-12-8-6-7-9-13(12)16/h6-9,11H,10,16H2,1-5H3,(H,17,19). The normalized spacial score (nSPS) is 11.5. The van der Waals surface area contributed by atoms with E-state index in [0.29, 0.717) is 6.54 Å². The van der Waals surface area contributed by atoms with Gasteiger partial charge in [-0.3, -0.25) is 0 Å². The molecule has 0 aliphatic rings. The Morgan fingerprint density at radius 2 is 1.89 bits per heavy atom.